The molecule has 1 unspecified atom stereocenters. The number of carbonyl (C=O) groups is 5. The van der Waals surface area contributed by atoms with Crippen molar-refractivity contribution in [3.05, 3.63) is 64.0 Å². The first-order valence-corrected chi connectivity index (χ1v) is 20.5. The molecule has 24 heteroatoms. The zero-order chi connectivity index (χ0) is 44.1. The van der Waals surface area contributed by atoms with Gasteiger partial charge in [-0.2, -0.15) is 0 Å². The summed E-state index contributed by atoms with van der Waals surface area (Å²) < 4.78 is 86.4. The highest BCUT2D eigenvalue weighted by Gasteiger charge is 2.53. The highest BCUT2D eigenvalue weighted by Crippen LogP contribution is 2.36. The summed E-state index contributed by atoms with van der Waals surface area (Å²) in [5.41, 5.74) is 8.95. The summed E-state index contributed by atoms with van der Waals surface area (Å²) in [6, 6.07) is 9.40. The minimum Gasteiger partial charge on any atom is -0.463 e. The molecule has 1 aliphatic heterocycles. The van der Waals surface area contributed by atoms with E-state index in [2.05, 4.69) is 31.3 Å². The van der Waals surface area contributed by atoms with E-state index in [1.807, 2.05) is 0 Å². The van der Waals surface area contributed by atoms with Crippen LogP contribution in [0.15, 0.2) is 47.6 Å². The van der Waals surface area contributed by atoms with Crippen molar-refractivity contribution >= 4 is 56.1 Å². The Balaban J connectivity index is 1.86. The lowest BCUT2D eigenvalue weighted by molar-refractivity contribution is -0.288. The monoisotopic (exact) mass is 932 g/mol. The van der Waals surface area contributed by atoms with Gasteiger partial charge in [-0.1, -0.05) is 33.2 Å². The zero-order valence-corrected chi connectivity index (χ0v) is 35.4. The van der Waals surface area contributed by atoms with Crippen molar-refractivity contribution in [3.63, 3.8) is 0 Å². The van der Waals surface area contributed by atoms with Gasteiger partial charge in [-0.05, 0) is 41.4 Å². The van der Waals surface area contributed by atoms with E-state index in [1.165, 1.54) is 18.2 Å². The largest absolute Gasteiger partial charge is 0.501 e. The van der Waals surface area contributed by atoms with Gasteiger partial charge >= 0.3 is 34.3 Å². The Kier molecular flexibility index (Phi) is 20.8. The number of ether oxygens (including phenoxy) is 9. The fraction of sp³-hybridized carbons (Fsp3) is 0.528. The van der Waals surface area contributed by atoms with Crippen molar-refractivity contribution in [2.45, 2.75) is 63.7 Å². The van der Waals surface area contributed by atoms with Gasteiger partial charge in [0.05, 0.1) is 39.6 Å². The number of carbonyl (C=O) groups excluding carboxylic acids is 5. The molecule has 3 rings (SSSR count). The second-order valence-electron chi connectivity index (χ2n) is 12.2. The lowest BCUT2D eigenvalue weighted by Gasteiger charge is -2.43. The second-order valence-corrected chi connectivity index (χ2v) is 14.0. The number of benzene rings is 2. The number of halogens is 1. The van der Waals surface area contributed by atoms with Crippen molar-refractivity contribution in [2.24, 2.45) is 5.11 Å². The number of hydrogen-bond acceptors (Lipinski definition) is 19. The molecule has 5 atom stereocenters. The van der Waals surface area contributed by atoms with Crippen molar-refractivity contribution in [1.82, 2.24) is 5.32 Å². The Labute approximate surface area is 353 Å². The summed E-state index contributed by atoms with van der Waals surface area (Å²) in [6.45, 7) is 5.29. The lowest BCUT2D eigenvalue weighted by atomic mass is 9.98. The van der Waals surface area contributed by atoms with E-state index in [-0.39, 0.29) is 50.8 Å². The smallest absolute Gasteiger partial charge is 0.463 e. The second kappa shape index (κ2) is 25.4. The van der Waals surface area contributed by atoms with Gasteiger partial charge in [0.15, 0.2) is 23.7 Å². The van der Waals surface area contributed by atoms with Gasteiger partial charge in [-0.15, -0.1) is 8.42 Å². The van der Waals surface area contributed by atoms with Crippen LogP contribution in [0.1, 0.15) is 43.6 Å². The van der Waals surface area contributed by atoms with E-state index in [4.69, 9.17) is 56.5 Å². The molecular formula is C36H45BrN4O18S. The predicted octanol–water partition coefficient (Wildman–Crippen LogP) is 2.84. The summed E-state index contributed by atoms with van der Waals surface area (Å²) in [7, 11) is -4.96. The van der Waals surface area contributed by atoms with E-state index >= 15 is 0 Å². The predicted molar refractivity (Wildman–Crippen MR) is 207 cm³/mol. The third-order valence-corrected chi connectivity index (χ3v) is 8.97. The number of hydrogen-bond donors (Lipinski definition) is 1. The van der Waals surface area contributed by atoms with Gasteiger partial charge in [-0.3, -0.25) is 24.0 Å². The molecule has 2 aromatic carbocycles. The molecule has 0 bridgehead atoms. The molecule has 0 saturated carbocycles. The molecule has 1 fully saturated rings. The number of esters is 4. The summed E-state index contributed by atoms with van der Waals surface area (Å²) in [5, 5.41) is 6.47. The average molecular weight is 934 g/mol. The van der Waals surface area contributed by atoms with Gasteiger partial charge in [-0.25, -0.2) is 0 Å². The number of alkyl halides is 1. The van der Waals surface area contributed by atoms with Crippen LogP contribution in [0.4, 0.5) is 0 Å². The minimum absolute atomic E-state index is 0.0341. The highest BCUT2D eigenvalue weighted by atomic mass is 79.9. The van der Waals surface area contributed by atoms with Crippen molar-refractivity contribution in [2.75, 3.05) is 59.3 Å². The van der Waals surface area contributed by atoms with Crippen LogP contribution in [0.5, 0.6) is 17.2 Å². The SMILES string of the molecule is CC(=O)OCC1O[C@@H](Oc2ccc(C(=O)NCCOCCOCCOCCN=[N+]=[N-])cc2OS(=O)(=O)Oc2ccc(CBr)cc2)[C@H](OC(C)=O)[C@@H](OC(C)=O)[C@H]1OC(C)=O. The molecule has 1 heterocycles. The number of rotatable bonds is 25. The molecule has 1 aliphatic rings. The standard InChI is InChI=1S/C36H45BrN4O18S/c1-22(42)52-21-31-32(53-23(2)43)33(54-24(3)44)34(55-25(4)45)36(57-31)56-29-10-7-27(19-30(29)59-60(47,48)58-28-8-5-26(20-37)6-9-28)35(46)39-11-13-49-15-17-51-18-16-50-14-12-40-41-38/h5-10,19,31-34,36H,11-18,20-21H2,1-4H3,(H,39,46)/t31?,32-,33-,34+,36+/m0/s1. The van der Waals surface area contributed by atoms with Crippen LogP contribution >= 0.6 is 15.9 Å². The zero-order valence-electron chi connectivity index (χ0n) is 33.0. The van der Waals surface area contributed by atoms with Gasteiger partial charge in [0, 0.05) is 56.6 Å². The number of nitrogens with zero attached hydrogens (tertiary/aromatic N) is 3. The Morgan fingerprint density at radius 1 is 0.767 bits per heavy atom. The molecule has 1 N–H and O–H groups in total. The number of amides is 1. The van der Waals surface area contributed by atoms with E-state index in [0.717, 1.165) is 45.4 Å². The molecule has 60 heavy (non-hydrogen) atoms. The van der Waals surface area contributed by atoms with Crippen LogP contribution in [0.3, 0.4) is 0 Å². The van der Waals surface area contributed by atoms with Crippen LogP contribution in [0.2, 0.25) is 0 Å². The average Bonchev–Trinajstić information content (AvgIpc) is 3.18. The van der Waals surface area contributed by atoms with Crippen molar-refractivity contribution in [1.29, 1.82) is 0 Å². The fourth-order valence-electron chi connectivity index (χ4n) is 5.13. The Bertz CT molecular complexity index is 1910. The lowest BCUT2D eigenvalue weighted by Crippen LogP contribution is -2.63. The quantitative estimate of drug-likeness (QED) is 0.0285. The van der Waals surface area contributed by atoms with Gasteiger partial charge < -0.3 is 56.3 Å². The fourth-order valence-corrected chi connectivity index (χ4v) is 6.24. The minimum atomic E-state index is -4.96. The van der Waals surface area contributed by atoms with Gasteiger partial charge in [0.1, 0.15) is 18.5 Å². The third-order valence-electron chi connectivity index (χ3n) is 7.54. The first-order valence-electron chi connectivity index (χ1n) is 18.0. The third kappa shape index (κ3) is 17.6. The molecule has 0 radical (unpaired) electrons. The molecule has 0 aromatic heterocycles. The summed E-state index contributed by atoms with van der Waals surface area (Å²) in [4.78, 5) is 64.3. The van der Waals surface area contributed by atoms with Crippen LogP contribution in [-0.2, 0) is 72.8 Å². The molecular weight excluding hydrogens is 888 g/mol. The highest BCUT2D eigenvalue weighted by molar-refractivity contribution is 9.08. The topological polar surface area (TPSA) is 282 Å². The number of azide groups is 1. The number of nitrogens with one attached hydrogen (secondary N) is 1. The first kappa shape index (κ1) is 49.1. The van der Waals surface area contributed by atoms with E-state index in [1.54, 1.807) is 12.1 Å². The molecule has 2 aromatic rings. The van der Waals surface area contributed by atoms with Crippen molar-refractivity contribution in [3.8, 4) is 17.2 Å². The maximum absolute atomic E-state index is 13.3. The Morgan fingerprint density at radius 2 is 1.37 bits per heavy atom. The molecule has 0 spiro atoms. The normalized spacial score (nSPS) is 18.5. The van der Waals surface area contributed by atoms with Crippen LogP contribution in [-0.4, -0.2) is 128 Å². The van der Waals surface area contributed by atoms with Crippen LogP contribution < -0.4 is 18.4 Å². The van der Waals surface area contributed by atoms with Crippen LogP contribution in [0.25, 0.3) is 10.4 Å². The molecule has 22 nitrogen and oxygen atoms in total. The molecule has 1 saturated heterocycles. The molecule has 0 aliphatic carbocycles. The molecule has 330 valence electrons. The van der Waals surface area contributed by atoms with Crippen molar-refractivity contribution < 1.29 is 83.4 Å². The van der Waals surface area contributed by atoms with E-state index in [0.29, 0.717) is 18.5 Å². The maximum atomic E-state index is 13.3. The maximum Gasteiger partial charge on any atom is 0.501 e. The van der Waals surface area contributed by atoms with E-state index < -0.39 is 89.0 Å². The summed E-state index contributed by atoms with van der Waals surface area (Å²) in [5.74, 6) is -5.24. The van der Waals surface area contributed by atoms with Gasteiger partial charge in [0.25, 0.3) is 5.91 Å². The summed E-state index contributed by atoms with van der Waals surface area (Å²) in [6.07, 6.45) is -7.98. The Morgan fingerprint density at radius 3 is 1.97 bits per heavy atom. The summed E-state index contributed by atoms with van der Waals surface area (Å²) >= 11 is 3.30. The first-order chi connectivity index (χ1) is 28.6. The molecule has 1 amide bonds. The Hall–Kier alpha value is -5.23. The van der Waals surface area contributed by atoms with E-state index in [9.17, 15) is 32.4 Å². The van der Waals surface area contributed by atoms with Gasteiger partial charge in [0.2, 0.25) is 12.4 Å². The van der Waals surface area contributed by atoms with Crippen LogP contribution in [0, 0.1) is 0 Å².